The van der Waals surface area contributed by atoms with E-state index < -0.39 is 0 Å². The molecule has 2 aromatic rings. The molecular weight excluding hydrogens is 446 g/mol. The minimum atomic E-state index is -0.388. The third-order valence-electron chi connectivity index (χ3n) is 5.86. The fraction of sp³-hybridized carbons (Fsp3) is 0.474. The Morgan fingerprint density at radius 3 is 2.73 bits per heavy atom. The van der Waals surface area contributed by atoms with Crippen LogP contribution in [0, 0.1) is 20.7 Å². The molecule has 5 nitrogen and oxygen atoms in total. The maximum absolute atomic E-state index is 15.2. The van der Waals surface area contributed by atoms with Gasteiger partial charge in [-0.05, 0) is 54.7 Å². The second kappa shape index (κ2) is 5.59. The van der Waals surface area contributed by atoms with Crippen molar-refractivity contribution >= 4 is 28.3 Å². The summed E-state index contributed by atoms with van der Waals surface area (Å²) in [5.41, 5.74) is 1.75. The van der Waals surface area contributed by atoms with Crippen molar-refractivity contribution in [3.05, 3.63) is 27.2 Å². The van der Waals surface area contributed by atoms with Gasteiger partial charge >= 0.3 is 0 Å². The molecule has 1 aromatic heterocycles. The average Bonchev–Trinajstić information content (AvgIpc) is 3.23. The molecule has 5 rings (SSSR count). The van der Waals surface area contributed by atoms with Crippen LogP contribution in [0.4, 0.5) is 10.1 Å². The van der Waals surface area contributed by atoms with Crippen LogP contribution in [0.1, 0.15) is 37.7 Å². The van der Waals surface area contributed by atoms with Crippen molar-refractivity contribution in [3.63, 3.8) is 0 Å². The molecule has 0 unspecified atom stereocenters. The van der Waals surface area contributed by atoms with Crippen LogP contribution in [0.15, 0.2) is 12.3 Å². The van der Waals surface area contributed by atoms with E-state index in [0.717, 1.165) is 41.5 Å². The van der Waals surface area contributed by atoms with Gasteiger partial charge in [-0.25, -0.2) is 4.39 Å². The lowest BCUT2D eigenvalue weighted by Gasteiger charge is -2.45. The zero-order chi connectivity index (χ0) is 18.1. The normalized spacial score (nSPS) is 20.3. The van der Waals surface area contributed by atoms with Crippen LogP contribution in [0.5, 0.6) is 5.75 Å². The maximum Gasteiger partial charge on any atom is 0.162 e. The van der Waals surface area contributed by atoms with Gasteiger partial charge in [0.15, 0.2) is 5.75 Å². The van der Waals surface area contributed by atoms with Crippen LogP contribution in [0.2, 0.25) is 0 Å². The van der Waals surface area contributed by atoms with Crippen LogP contribution < -0.4 is 9.64 Å². The minimum absolute atomic E-state index is 0.192. The Bertz CT molecular complexity index is 936. The standard InChI is InChI=1S/C19H18FIN4O/c1-24-17(14(21)9-23-24)16-12(8-22)18-15(7-13(16)20)25(11-3-2-4-11)10-19(26-18)5-6-19/h7,9,11H,2-6,10H2,1H3. The summed E-state index contributed by atoms with van der Waals surface area (Å²) in [4.78, 5) is 2.29. The molecule has 1 spiro atoms. The van der Waals surface area contributed by atoms with Crippen molar-refractivity contribution in [2.45, 2.75) is 43.7 Å². The smallest absolute Gasteiger partial charge is 0.162 e. The highest BCUT2D eigenvalue weighted by Gasteiger charge is 2.52. The van der Waals surface area contributed by atoms with Gasteiger partial charge < -0.3 is 9.64 Å². The summed E-state index contributed by atoms with van der Waals surface area (Å²) in [6.45, 7) is 0.803. The van der Waals surface area contributed by atoms with Gasteiger partial charge in [-0.1, -0.05) is 0 Å². The highest BCUT2D eigenvalue weighted by Crippen LogP contribution is 2.53. The van der Waals surface area contributed by atoms with Crippen molar-refractivity contribution in [1.82, 2.24) is 9.78 Å². The molecule has 0 radical (unpaired) electrons. The van der Waals surface area contributed by atoms with E-state index >= 15 is 4.39 Å². The molecular formula is C19H18FIN4O. The van der Waals surface area contributed by atoms with E-state index in [4.69, 9.17) is 4.74 Å². The highest BCUT2D eigenvalue weighted by atomic mass is 127. The molecule has 7 heteroatoms. The highest BCUT2D eigenvalue weighted by molar-refractivity contribution is 14.1. The fourth-order valence-electron chi connectivity index (χ4n) is 4.03. The second-order valence-corrected chi connectivity index (χ2v) is 8.69. The number of nitrogens with zero attached hydrogens (tertiary/aromatic N) is 4. The number of hydrogen-bond acceptors (Lipinski definition) is 4. The van der Waals surface area contributed by atoms with Gasteiger partial charge in [-0.3, -0.25) is 4.68 Å². The number of hydrogen-bond donors (Lipinski definition) is 0. The maximum atomic E-state index is 15.2. The van der Waals surface area contributed by atoms with Gasteiger partial charge in [0.2, 0.25) is 0 Å². The molecule has 2 saturated carbocycles. The molecule has 0 atom stereocenters. The topological polar surface area (TPSA) is 54.1 Å². The number of aromatic nitrogens is 2. The summed E-state index contributed by atoms with van der Waals surface area (Å²) in [6.07, 6.45) is 7.14. The molecule has 2 heterocycles. The molecule has 2 fully saturated rings. The Balaban J connectivity index is 1.74. The number of halogens is 2. The van der Waals surface area contributed by atoms with Crippen LogP contribution >= 0.6 is 22.6 Å². The van der Waals surface area contributed by atoms with Crippen LogP contribution in [0.3, 0.4) is 0 Å². The molecule has 0 amide bonds. The first kappa shape index (κ1) is 16.4. The first-order chi connectivity index (χ1) is 12.5. The lowest BCUT2D eigenvalue weighted by atomic mass is 9.89. The monoisotopic (exact) mass is 464 g/mol. The Labute approximate surface area is 164 Å². The summed E-state index contributed by atoms with van der Waals surface area (Å²) < 4.78 is 24.0. The predicted octanol–water partition coefficient (Wildman–Crippen LogP) is 3.99. The Hall–Kier alpha value is -1.82. The summed E-state index contributed by atoms with van der Waals surface area (Å²) in [5, 5.41) is 14.1. The SMILES string of the molecule is Cn1ncc(I)c1-c1c(F)cc2c(c1C#N)OC1(CC1)CN2C1CCC1. The number of fused-ring (bicyclic) bond motifs is 1. The number of aryl methyl sites for hydroxylation is 1. The van der Waals surface area contributed by atoms with Gasteiger partial charge in [-0.15, -0.1) is 0 Å². The summed E-state index contributed by atoms with van der Waals surface area (Å²) in [7, 11) is 1.77. The van der Waals surface area contributed by atoms with Gasteiger partial charge in [0.1, 0.15) is 23.1 Å². The molecule has 0 N–H and O–H groups in total. The van der Waals surface area contributed by atoms with Crippen LogP contribution in [-0.4, -0.2) is 28.0 Å². The van der Waals surface area contributed by atoms with E-state index in [1.54, 1.807) is 24.0 Å². The predicted molar refractivity (Wildman–Crippen MR) is 104 cm³/mol. The zero-order valence-electron chi connectivity index (χ0n) is 14.4. The van der Waals surface area contributed by atoms with Crippen LogP contribution in [-0.2, 0) is 7.05 Å². The molecule has 3 aliphatic rings. The van der Waals surface area contributed by atoms with Crippen molar-refractivity contribution in [2.75, 3.05) is 11.4 Å². The zero-order valence-corrected chi connectivity index (χ0v) is 16.6. The van der Waals surface area contributed by atoms with E-state index in [9.17, 15) is 5.26 Å². The van der Waals surface area contributed by atoms with E-state index in [-0.39, 0.29) is 17.0 Å². The second-order valence-electron chi connectivity index (χ2n) is 7.53. The molecule has 0 saturated heterocycles. The van der Waals surface area contributed by atoms with E-state index in [1.807, 2.05) is 0 Å². The lowest BCUT2D eigenvalue weighted by Crippen LogP contribution is -2.49. The third kappa shape index (κ3) is 2.27. The number of benzene rings is 1. The molecule has 134 valence electrons. The largest absolute Gasteiger partial charge is 0.482 e. The summed E-state index contributed by atoms with van der Waals surface area (Å²) >= 11 is 2.13. The first-order valence-corrected chi connectivity index (χ1v) is 10.0. The number of anilines is 1. The number of ether oxygens (including phenoxy) is 1. The minimum Gasteiger partial charge on any atom is -0.482 e. The van der Waals surface area contributed by atoms with E-state index in [1.165, 1.54) is 6.42 Å². The molecule has 2 aliphatic carbocycles. The average molecular weight is 464 g/mol. The molecule has 0 bridgehead atoms. The van der Waals surface area contributed by atoms with Gasteiger partial charge in [-0.2, -0.15) is 10.4 Å². The van der Waals surface area contributed by atoms with E-state index in [2.05, 4.69) is 38.7 Å². The summed E-state index contributed by atoms with van der Waals surface area (Å²) in [6, 6.07) is 4.22. The molecule has 1 aliphatic heterocycles. The van der Waals surface area contributed by atoms with E-state index in [0.29, 0.717) is 23.0 Å². The first-order valence-electron chi connectivity index (χ1n) is 8.93. The molecule has 1 aromatic carbocycles. The number of nitriles is 1. The van der Waals surface area contributed by atoms with Crippen molar-refractivity contribution in [3.8, 4) is 23.1 Å². The fourth-order valence-corrected chi connectivity index (χ4v) is 4.78. The molecule has 26 heavy (non-hydrogen) atoms. The van der Waals surface area contributed by atoms with Crippen molar-refractivity contribution < 1.29 is 9.13 Å². The number of rotatable bonds is 2. The Morgan fingerprint density at radius 1 is 1.42 bits per heavy atom. The van der Waals surface area contributed by atoms with Crippen molar-refractivity contribution in [2.24, 2.45) is 7.05 Å². The van der Waals surface area contributed by atoms with Gasteiger partial charge in [0.05, 0.1) is 33.3 Å². The van der Waals surface area contributed by atoms with Gasteiger partial charge in [0.25, 0.3) is 0 Å². The van der Waals surface area contributed by atoms with Gasteiger partial charge in [0, 0.05) is 19.2 Å². The lowest BCUT2D eigenvalue weighted by molar-refractivity contribution is 0.159. The Kier molecular flexibility index (Phi) is 3.52. The van der Waals surface area contributed by atoms with Crippen molar-refractivity contribution in [1.29, 1.82) is 5.26 Å². The quantitative estimate of drug-likeness (QED) is 0.631. The van der Waals surface area contributed by atoms with Crippen LogP contribution in [0.25, 0.3) is 11.3 Å². The Morgan fingerprint density at radius 2 is 2.19 bits per heavy atom. The summed E-state index contributed by atoms with van der Waals surface area (Å²) in [5.74, 6) is 0.165. The third-order valence-corrected chi connectivity index (χ3v) is 6.65.